The van der Waals surface area contributed by atoms with Gasteiger partial charge in [-0.25, -0.2) is 0 Å². The highest BCUT2D eigenvalue weighted by Gasteiger charge is 2.19. The molecule has 0 heterocycles. The molecule has 0 aliphatic heterocycles. The summed E-state index contributed by atoms with van der Waals surface area (Å²) in [5, 5.41) is 5.75. The summed E-state index contributed by atoms with van der Waals surface area (Å²) in [5.74, 6) is 0.324. The quantitative estimate of drug-likeness (QED) is 0.559. The smallest absolute Gasteiger partial charge is 0.265 e. The fourth-order valence-corrected chi connectivity index (χ4v) is 3.06. The lowest BCUT2D eigenvalue weighted by molar-refractivity contribution is -0.122. The van der Waals surface area contributed by atoms with E-state index >= 15 is 0 Å². The van der Waals surface area contributed by atoms with E-state index < -0.39 is 6.10 Å². The van der Waals surface area contributed by atoms with E-state index in [0.29, 0.717) is 30.0 Å². The van der Waals surface area contributed by atoms with Crippen molar-refractivity contribution in [1.82, 2.24) is 0 Å². The molecule has 1 atom stereocenters. The van der Waals surface area contributed by atoms with Gasteiger partial charge in [-0.05, 0) is 54.8 Å². The van der Waals surface area contributed by atoms with Gasteiger partial charge in [0.15, 0.2) is 6.10 Å². The standard InChI is InChI=1S/C25H26N2O3/c1-3-23(30-22-14-7-9-18(2)15-22)25(29)27-21-13-8-12-20(17-21)26-24(28)16-19-10-5-4-6-11-19/h4-15,17,23H,3,16H2,1-2H3,(H,26,28)(H,27,29). The summed E-state index contributed by atoms with van der Waals surface area (Å²) >= 11 is 0. The minimum atomic E-state index is -0.608. The van der Waals surface area contributed by atoms with Crippen molar-refractivity contribution in [3.8, 4) is 5.75 Å². The first kappa shape index (κ1) is 21.1. The van der Waals surface area contributed by atoms with Crippen molar-refractivity contribution >= 4 is 23.2 Å². The molecular formula is C25H26N2O3. The van der Waals surface area contributed by atoms with Gasteiger partial charge in [-0.15, -0.1) is 0 Å². The van der Waals surface area contributed by atoms with Gasteiger partial charge in [0.1, 0.15) is 5.75 Å². The molecule has 0 aliphatic carbocycles. The lowest BCUT2D eigenvalue weighted by Gasteiger charge is -2.18. The van der Waals surface area contributed by atoms with Crippen LogP contribution in [-0.2, 0) is 16.0 Å². The summed E-state index contributed by atoms with van der Waals surface area (Å²) in [6.45, 7) is 3.88. The molecule has 3 aromatic carbocycles. The van der Waals surface area contributed by atoms with E-state index in [2.05, 4.69) is 10.6 Å². The van der Waals surface area contributed by atoms with E-state index in [1.165, 1.54) is 0 Å². The number of nitrogens with one attached hydrogen (secondary N) is 2. The van der Waals surface area contributed by atoms with Crippen LogP contribution in [0.15, 0.2) is 78.9 Å². The minimum absolute atomic E-state index is 0.112. The molecule has 0 fully saturated rings. The lowest BCUT2D eigenvalue weighted by atomic mass is 10.1. The van der Waals surface area contributed by atoms with Gasteiger partial charge >= 0.3 is 0 Å². The van der Waals surface area contributed by atoms with Crippen LogP contribution in [0.5, 0.6) is 5.75 Å². The summed E-state index contributed by atoms with van der Waals surface area (Å²) in [6.07, 6.45) is 0.218. The average molecular weight is 402 g/mol. The Hall–Kier alpha value is -3.60. The third kappa shape index (κ3) is 6.21. The maximum absolute atomic E-state index is 12.7. The molecule has 5 nitrogen and oxygen atoms in total. The van der Waals surface area contributed by atoms with E-state index in [1.54, 1.807) is 24.3 Å². The Morgan fingerprint density at radius 3 is 2.27 bits per heavy atom. The Bertz CT molecular complexity index is 1000. The van der Waals surface area contributed by atoms with Crippen LogP contribution in [-0.4, -0.2) is 17.9 Å². The minimum Gasteiger partial charge on any atom is -0.481 e. The first-order valence-electron chi connectivity index (χ1n) is 10.0. The first-order valence-corrected chi connectivity index (χ1v) is 10.0. The van der Waals surface area contributed by atoms with Gasteiger partial charge in [0, 0.05) is 11.4 Å². The Kier molecular flexibility index (Phi) is 7.22. The monoisotopic (exact) mass is 402 g/mol. The van der Waals surface area contributed by atoms with Crippen molar-refractivity contribution in [2.45, 2.75) is 32.8 Å². The predicted octanol–water partition coefficient (Wildman–Crippen LogP) is 4.97. The summed E-state index contributed by atoms with van der Waals surface area (Å²) in [7, 11) is 0. The van der Waals surface area contributed by atoms with E-state index in [9.17, 15) is 9.59 Å². The zero-order valence-electron chi connectivity index (χ0n) is 17.2. The summed E-state index contributed by atoms with van der Waals surface area (Å²) < 4.78 is 5.86. The number of hydrogen-bond acceptors (Lipinski definition) is 3. The van der Waals surface area contributed by atoms with Crippen molar-refractivity contribution < 1.29 is 14.3 Å². The van der Waals surface area contributed by atoms with Gasteiger partial charge in [0.05, 0.1) is 6.42 Å². The van der Waals surface area contributed by atoms with Crippen LogP contribution in [0, 0.1) is 6.92 Å². The third-order valence-corrected chi connectivity index (χ3v) is 4.55. The van der Waals surface area contributed by atoms with Crippen LogP contribution in [0.3, 0.4) is 0 Å². The van der Waals surface area contributed by atoms with E-state index in [1.807, 2.05) is 68.4 Å². The Balaban J connectivity index is 1.60. The number of benzene rings is 3. The van der Waals surface area contributed by atoms with E-state index in [0.717, 1.165) is 11.1 Å². The van der Waals surface area contributed by atoms with E-state index in [-0.39, 0.29) is 11.8 Å². The number of aryl methyl sites for hydroxylation is 1. The van der Waals surface area contributed by atoms with Crippen LogP contribution in [0.4, 0.5) is 11.4 Å². The topological polar surface area (TPSA) is 67.4 Å². The fraction of sp³-hybridized carbons (Fsp3) is 0.200. The molecule has 1 unspecified atom stereocenters. The number of ether oxygens (including phenoxy) is 1. The summed E-state index contributed by atoms with van der Waals surface area (Å²) in [6, 6.07) is 24.3. The number of carbonyl (C=O) groups excluding carboxylic acids is 2. The van der Waals surface area contributed by atoms with Crippen molar-refractivity contribution in [2.75, 3.05) is 10.6 Å². The molecule has 0 aliphatic rings. The molecule has 0 saturated heterocycles. The zero-order chi connectivity index (χ0) is 21.3. The van der Waals surface area contributed by atoms with Crippen LogP contribution >= 0.6 is 0 Å². The zero-order valence-corrected chi connectivity index (χ0v) is 17.2. The maximum atomic E-state index is 12.7. The first-order chi connectivity index (χ1) is 14.5. The molecule has 154 valence electrons. The van der Waals surface area contributed by atoms with Gasteiger partial charge in [-0.2, -0.15) is 0 Å². The second-order valence-corrected chi connectivity index (χ2v) is 7.11. The maximum Gasteiger partial charge on any atom is 0.265 e. The van der Waals surface area contributed by atoms with Crippen LogP contribution in [0.25, 0.3) is 0 Å². The van der Waals surface area contributed by atoms with Crippen LogP contribution < -0.4 is 15.4 Å². The second kappa shape index (κ2) is 10.3. The third-order valence-electron chi connectivity index (χ3n) is 4.55. The van der Waals surface area contributed by atoms with Gasteiger partial charge in [0.25, 0.3) is 5.91 Å². The van der Waals surface area contributed by atoms with Gasteiger partial charge in [0.2, 0.25) is 5.91 Å². The molecule has 3 rings (SSSR count). The van der Waals surface area contributed by atoms with Crippen molar-refractivity contribution in [1.29, 1.82) is 0 Å². The molecule has 5 heteroatoms. The Morgan fingerprint density at radius 2 is 1.57 bits per heavy atom. The number of anilines is 2. The lowest BCUT2D eigenvalue weighted by Crippen LogP contribution is -2.32. The van der Waals surface area contributed by atoms with Gasteiger partial charge in [-0.3, -0.25) is 9.59 Å². The molecule has 2 N–H and O–H groups in total. The molecule has 2 amide bonds. The fourth-order valence-electron chi connectivity index (χ4n) is 3.06. The molecule has 0 spiro atoms. The van der Waals surface area contributed by atoms with Gasteiger partial charge in [-0.1, -0.05) is 55.5 Å². The number of carbonyl (C=O) groups is 2. The average Bonchev–Trinajstić information content (AvgIpc) is 2.73. The predicted molar refractivity (Wildman–Crippen MR) is 120 cm³/mol. The van der Waals surface area contributed by atoms with Gasteiger partial charge < -0.3 is 15.4 Å². The summed E-state index contributed by atoms with van der Waals surface area (Å²) in [5.41, 5.74) is 3.24. The molecular weight excluding hydrogens is 376 g/mol. The van der Waals surface area contributed by atoms with Crippen LogP contribution in [0.1, 0.15) is 24.5 Å². The largest absolute Gasteiger partial charge is 0.481 e. The second-order valence-electron chi connectivity index (χ2n) is 7.11. The molecule has 0 saturated carbocycles. The van der Waals surface area contributed by atoms with Crippen molar-refractivity contribution in [3.63, 3.8) is 0 Å². The molecule has 0 radical (unpaired) electrons. The summed E-state index contributed by atoms with van der Waals surface area (Å²) in [4.78, 5) is 25.0. The normalized spacial score (nSPS) is 11.4. The SMILES string of the molecule is CCC(Oc1cccc(C)c1)C(=O)Nc1cccc(NC(=O)Cc2ccccc2)c1. The Morgan fingerprint density at radius 1 is 0.867 bits per heavy atom. The highest BCUT2D eigenvalue weighted by Crippen LogP contribution is 2.19. The van der Waals surface area contributed by atoms with Crippen LogP contribution in [0.2, 0.25) is 0 Å². The highest BCUT2D eigenvalue weighted by molar-refractivity contribution is 5.96. The molecule has 0 aromatic heterocycles. The Labute approximate surface area is 177 Å². The number of hydrogen-bond donors (Lipinski definition) is 2. The number of rotatable bonds is 8. The van der Waals surface area contributed by atoms with Crippen molar-refractivity contribution in [2.24, 2.45) is 0 Å². The molecule has 30 heavy (non-hydrogen) atoms. The van der Waals surface area contributed by atoms with E-state index in [4.69, 9.17) is 4.74 Å². The molecule has 0 bridgehead atoms. The van der Waals surface area contributed by atoms with Crippen molar-refractivity contribution in [3.05, 3.63) is 90.0 Å². The highest BCUT2D eigenvalue weighted by atomic mass is 16.5. The number of amides is 2. The molecule has 3 aromatic rings.